The highest BCUT2D eigenvalue weighted by molar-refractivity contribution is 8.03. The first-order valence-electron chi connectivity index (χ1n) is 7.90. The molecule has 0 saturated heterocycles. The zero-order chi connectivity index (χ0) is 18.6. The van der Waals surface area contributed by atoms with Crippen molar-refractivity contribution in [2.45, 2.75) is 32.6 Å². The number of halogens is 2. The molecule has 2 N–H and O–H groups in total. The highest BCUT2D eigenvalue weighted by atomic mass is 35.5. The number of urea groups is 1. The van der Waals surface area contributed by atoms with Crippen LogP contribution in [-0.2, 0) is 0 Å². The van der Waals surface area contributed by atoms with Crippen molar-refractivity contribution in [2.75, 3.05) is 5.75 Å². The standard InChI is InChI=1S/C18H19ClFN3OS/c1-3-4-7-25-17-15(10-21)14(8-11(2)23(17)18(22)24)13-6-5-12(19)9-16(13)20/h5-6,8-9,14H,3-4,7H2,1-2H3,(H2,22,24). The number of thioether (sulfide) groups is 1. The molecular weight excluding hydrogens is 361 g/mol. The number of carbonyl (C=O) groups is 1. The van der Waals surface area contributed by atoms with Crippen molar-refractivity contribution in [3.05, 3.63) is 57.0 Å². The van der Waals surface area contributed by atoms with E-state index in [1.807, 2.05) is 0 Å². The maximum absolute atomic E-state index is 14.4. The van der Waals surface area contributed by atoms with E-state index in [9.17, 15) is 14.4 Å². The molecule has 2 rings (SSSR count). The predicted molar refractivity (Wildman–Crippen MR) is 99.3 cm³/mol. The Kier molecular flexibility index (Phi) is 6.51. The lowest BCUT2D eigenvalue weighted by atomic mass is 9.88. The number of hydrogen-bond donors (Lipinski definition) is 1. The van der Waals surface area contributed by atoms with Gasteiger partial charge in [0.15, 0.2) is 0 Å². The van der Waals surface area contributed by atoms with Gasteiger partial charge in [-0.1, -0.05) is 37.1 Å². The number of nitriles is 1. The monoisotopic (exact) mass is 379 g/mol. The van der Waals surface area contributed by atoms with E-state index in [1.54, 1.807) is 25.1 Å². The Bertz CT molecular complexity index is 785. The van der Waals surface area contributed by atoms with Crippen LogP contribution in [0, 0.1) is 17.1 Å². The van der Waals surface area contributed by atoms with Gasteiger partial charge in [0.2, 0.25) is 0 Å². The second kappa shape index (κ2) is 8.41. The van der Waals surface area contributed by atoms with E-state index < -0.39 is 17.8 Å². The van der Waals surface area contributed by atoms with E-state index >= 15 is 0 Å². The first-order chi connectivity index (χ1) is 11.9. The van der Waals surface area contributed by atoms with Gasteiger partial charge in [0, 0.05) is 22.2 Å². The Morgan fingerprint density at radius 1 is 1.52 bits per heavy atom. The third-order valence-electron chi connectivity index (χ3n) is 3.88. The van der Waals surface area contributed by atoms with E-state index in [4.69, 9.17) is 17.3 Å². The number of allylic oxidation sites excluding steroid dienone is 3. The zero-order valence-corrected chi connectivity index (χ0v) is 15.6. The first-order valence-corrected chi connectivity index (χ1v) is 9.27. The number of rotatable bonds is 5. The van der Waals surface area contributed by atoms with Gasteiger partial charge in [0.25, 0.3) is 0 Å². The predicted octanol–water partition coefficient (Wildman–Crippen LogP) is 5.13. The lowest BCUT2D eigenvalue weighted by molar-refractivity contribution is 0.231. The summed E-state index contributed by atoms with van der Waals surface area (Å²) in [6, 6.07) is 5.86. The third-order valence-corrected chi connectivity index (χ3v) is 5.28. The molecule has 25 heavy (non-hydrogen) atoms. The molecule has 1 unspecified atom stereocenters. The quantitative estimate of drug-likeness (QED) is 0.721. The van der Waals surface area contributed by atoms with Crippen LogP contribution in [0.1, 0.15) is 38.2 Å². The van der Waals surface area contributed by atoms with Gasteiger partial charge in [-0.2, -0.15) is 5.26 Å². The Hall–Kier alpha value is -1.97. The zero-order valence-electron chi connectivity index (χ0n) is 14.1. The molecule has 7 heteroatoms. The summed E-state index contributed by atoms with van der Waals surface area (Å²) in [6.07, 6.45) is 3.60. The summed E-state index contributed by atoms with van der Waals surface area (Å²) in [4.78, 5) is 13.2. The number of nitrogens with two attached hydrogens (primary N) is 1. The molecular formula is C18H19ClFN3OS. The molecule has 0 aromatic heterocycles. The molecule has 132 valence electrons. The van der Waals surface area contributed by atoms with Gasteiger partial charge in [0.05, 0.1) is 16.7 Å². The van der Waals surface area contributed by atoms with Crippen molar-refractivity contribution >= 4 is 29.4 Å². The summed E-state index contributed by atoms with van der Waals surface area (Å²) >= 11 is 7.22. The summed E-state index contributed by atoms with van der Waals surface area (Å²) in [5, 5.41) is 10.5. The minimum absolute atomic E-state index is 0.288. The molecule has 1 aromatic carbocycles. The third kappa shape index (κ3) is 4.17. The highest BCUT2D eigenvalue weighted by Gasteiger charge is 2.32. The van der Waals surface area contributed by atoms with Crippen LogP contribution in [0.25, 0.3) is 0 Å². The summed E-state index contributed by atoms with van der Waals surface area (Å²) in [5.74, 6) is -0.328. The number of primary amides is 1. The molecule has 4 nitrogen and oxygen atoms in total. The Morgan fingerprint density at radius 3 is 2.80 bits per heavy atom. The second-order valence-electron chi connectivity index (χ2n) is 5.66. The second-order valence-corrected chi connectivity index (χ2v) is 7.18. The van der Waals surface area contributed by atoms with Crippen LogP contribution in [0.15, 0.2) is 40.6 Å². The fourth-order valence-corrected chi connectivity index (χ4v) is 4.13. The summed E-state index contributed by atoms with van der Waals surface area (Å²) in [5.41, 5.74) is 6.73. The van der Waals surface area contributed by atoms with Crippen molar-refractivity contribution in [1.29, 1.82) is 5.26 Å². The molecule has 0 spiro atoms. The number of nitrogens with zero attached hydrogens (tertiary/aromatic N) is 2. The van der Waals surface area contributed by atoms with Crippen molar-refractivity contribution < 1.29 is 9.18 Å². The van der Waals surface area contributed by atoms with Crippen LogP contribution in [0.5, 0.6) is 0 Å². The Labute approximate surface area is 156 Å². The maximum atomic E-state index is 14.4. The minimum Gasteiger partial charge on any atom is -0.351 e. The van der Waals surface area contributed by atoms with Crippen molar-refractivity contribution in [2.24, 2.45) is 5.73 Å². The topological polar surface area (TPSA) is 70.1 Å². The van der Waals surface area contributed by atoms with Gasteiger partial charge >= 0.3 is 6.03 Å². The average molecular weight is 380 g/mol. The lowest BCUT2D eigenvalue weighted by Crippen LogP contribution is -2.36. The fraction of sp³-hybridized carbons (Fsp3) is 0.333. The molecule has 1 heterocycles. The van der Waals surface area contributed by atoms with Crippen molar-refractivity contribution in [1.82, 2.24) is 4.90 Å². The molecule has 0 fully saturated rings. The van der Waals surface area contributed by atoms with E-state index in [2.05, 4.69) is 13.0 Å². The van der Waals surface area contributed by atoms with E-state index in [1.165, 1.54) is 22.7 Å². The van der Waals surface area contributed by atoms with E-state index in [0.717, 1.165) is 18.6 Å². The van der Waals surface area contributed by atoms with E-state index in [0.29, 0.717) is 21.9 Å². The van der Waals surface area contributed by atoms with Gasteiger partial charge < -0.3 is 5.73 Å². The van der Waals surface area contributed by atoms with Crippen LogP contribution in [-0.4, -0.2) is 16.7 Å². The number of unbranched alkanes of at least 4 members (excludes halogenated alkanes) is 1. The normalized spacial score (nSPS) is 17.3. The van der Waals surface area contributed by atoms with Gasteiger partial charge in [-0.3, -0.25) is 4.90 Å². The van der Waals surface area contributed by atoms with Gasteiger partial charge in [0.1, 0.15) is 5.82 Å². The lowest BCUT2D eigenvalue weighted by Gasteiger charge is -2.32. The smallest absolute Gasteiger partial charge is 0.324 e. The van der Waals surface area contributed by atoms with Crippen LogP contribution in [0.4, 0.5) is 9.18 Å². The van der Waals surface area contributed by atoms with E-state index in [-0.39, 0.29) is 5.02 Å². The Morgan fingerprint density at radius 2 is 2.24 bits per heavy atom. The van der Waals surface area contributed by atoms with Gasteiger partial charge in [-0.25, -0.2) is 9.18 Å². The van der Waals surface area contributed by atoms with Crippen molar-refractivity contribution in [3.63, 3.8) is 0 Å². The molecule has 1 aliphatic rings. The molecule has 0 aliphatic carbocycles. The average Bonchev–Trinajstić information content (AvgIpc) is 2.54. The molecule has 0 radical (unpaired) electrons. The molecule has 1 aliphatic heterocycles. The van der Waals surface area contributed by atoms with Crippen LogP contribution in [0.3, 0.4) is 0 Å². The SMILES string of the molecule is CCCCSC1=C(C#N)C(c2ccc(Cl)cc2F)C=C(C)N1C(N)=O. The number of hydrogen-bond acceptors (Lipinski definition) is 3. The molecule has 1 aromatic rings. The summed E-state index contributed by atoms with van der Waals surface area (Å²) in [6.45, 7) is 3.78. The summed E-state index contributed by atoms with van der Waals surface area (Å²) < 4.78 is 14.4. The number of amides is 2. The highest BCUT2D eigenvalue weighted by Crippen LogP contribution is 2.41. The van der Waals surface area contributed by atoms with Crippen LogP contribution in [0.2, 0.25) is 5.02 Å². The molecule has 0 bridgehead atoms. The van der Waals surface area contributed by atoms with Gasteiger partial charge in [-0.05, 0) is 31.2 Å². The number of benzene rings is 1. The Balaban J connectivity index is 2.56. The van der Waals surface area contributed by atoms with Gasteiger partial charge in [-0.15, -0.1) is 11.8 Å². The molecule has 2 amide bonds. The maximum Gasteiger partial charge on any atom is 0.324 e. The summed E-state index contributed by atoms with van der Waals surface area (Å²) in [7, 11) is 0. The first kappa shape index (κ1) is 19.4. The minimum atomic E-state index is -0.657. The van der Waals surface area contributed by atoms with Crippen LogP contribution < -0.4 is 5.73 Å². The largest absolute Gasteiger partial charge is 0.351 e. The van der Waals surface area contributed by atoms with Crippen molar-refractivity contribution in [3.8, 4) is 6.07 Å². The fourth-order valence-electron chi connectivity index (χ4n) is 2.66. The number of carbonyl (C=O) groups excluding carboxylic acids is 1. The molecule has 1 atom stereocenters. The molecule has 0 saturated carbocycles. The van der Waals surface area contributed by atoms with Crippen LogP contribution >= 0.6 is 23.4 Å².